The first kappa shape index (κ1) is 21.6. The Morgan fingerprint density at radius 1 is 1.18 bits per heavy atom. The number of nitrogens with zero attached hydrogens (tertiary/aromatic N) is 1. The summed E-state index contributed by atoms with van der Waals surface area (Å²) in [4.78, 5) is 38.4. The van der Waals surface area contributed by atoms with Crippen molar-refractivity contribution in [2.24, 2.45) is 0 Å². The molecule has 0 bridgehead atoms. The Kier molecular flexibility index (Phi) is 8.21. The van der Waals surface area contributed by atoms with Crippen molar-refractivity contribution < 1.29 is 23.5 Å². The lowest BCUT2D eigenvalue weighted by atomic mass is 10.1. The van der Waals surface area contributed by atoms with Crippen molar-refractivity contribution in [2.75, 3.05) is 38.1 Å². The summed E-state index contributed by atoms with van der Waals surface area (Å²) >= 11 is 1.22. The monoisotopic (exact) mass is 407 g/mol. The molecule has 2 amide bonds. The number of esters is 1. The van der Waals surface area contributed by atoms with Gasteiger partial charge in [0.2, 0.25) is 11.8 Å². The molecule has 0 radical (unpaired) electrons. The van der Waals surface area contributed by atoms with Crippen molar-refractivity contribution in [1.29, 1.82) is 0 Å². The number of rotatable bonds is 10. The highest BCUT2D eigenvalue weighted by Crippen LogP contribution is 2.36. The van der Waals surface area contributed by atoms with Gasteiger partial charge in [-0.1, -0.05) is 6.92 Å². The molecule has 0 aromatic carbocycles. The number of ether oxygens (including phenoxy) is 1. The summed E-state index contributed by atoms with van der Waals surface area (Å²) in [5.74, 6) is -0.462. The topological polar surface area (TPSA) is 101 Å². The number of hydrogen-bond donors (Lipinski definition) is 2. The van der Waals surface area contributed by atoms with Crippen LogP contribution in [0.25, 0.3) is 11.3 Å². The molecule has 0 saturated heterocycles. The van der Waals surface area contributed by atoms with Gasteiger partial charge >= 0.3 is 5.97 Å². The van der Waals surface area contributed by atoms with E-state index in [4.69, 9.17) is 9.15 Å². The molecule has 0 spiro atoms. The quantitative estimate of drug-likeness (QED) is 0.587. The van der Waals surface area contributed by atoms with Gasteiger partial charge in [-0.3, -0.25) is 14.5 Å². The van der Waals surface area contributed by atoms with Crippen molar-refractivity contribution >= 4 is 34.1 Å². The third-order valence-electron chi connectivity index (χ3n) is 3.87. The van der Waals surface area contributed by atoms with E-state index in [1.54, 1.807) is 29.3 Å². The lowest BCUT2D eigenvalue weighted by Gasteiger charge is -2.19. The molecule has 8 nitrogen and oxygen atoms in total. The van der Waals surface area contributed by atoms with E-state index in [-0.39, 0.29) is 37.1 Å². The molecule has 0 atom stereocenters. The Morgan fingerprint density at radius 2 is 1.93 bits per heavy atom. The predicted octanol–water partition coefficient (Wildman–Crippen LogP) is 2.58. The molecule has 2 rings (SSSR count). The van der Waals surface area contributed by atoms with Gasteiger partial charge in [-0.05, 0) is 32.5 Å². The molecule has 2 aromatic heterocycles. The van der Waals surface area contributed by atoms with E-state index in [2.05, 4.69) is 10.6 Å². The van der Waals surface area contributed by atoms with E-state index in [0.717, 1.165) is 0 Å². The van der Waals surface area contributed by atoms with Crippen LogP contribution in [-0.2, 0) is 14.3 Å². The number of furan rings is 1. The zero-order chi connectivity index (χ0) is 20.5. The molecule has 152 valence electrons. The standard InChI is InChI=1S/C19H25N3O5S/c1-4-20-15(23)10-22(5-2)11-16(24)21-18-17(19(25)26-6-3)13(12-28-18)14-8-7-9-27-14/h7-9,12H,4-6,10-11H2,1-3H3,(H,20,23)(H,21,24). The molecule has 0 saturated carbocycles. The minimum Gasteiger partial charge on any atom is -0.464 e. The molecule has 9 heteroatoms. The number of carbonyl (C=O) groups excluding carboxylic acids is 3. The number of hydrogen-bond acceptors (Lipinski definition) is 7. The van der Waals surface area contributed by atoms with Crippen molar-refractivity contribution in [3.8, 4) is 11.3 Å². The van der Waals surface area contributed by atoms with Crippen molar-refractivity contribution in [3.63, 3.8) is 0 Å². The predicted molar refractivity (Wildman–Crippen MR) is 107 cm³/mol. The molecule has 28 heavy (non-hydrogen) atoms. The van der Waals surface area contributed by atoms with Crippen LogP contribution in [-0.4, -0.2) is 55.5 Å². The largest absolute Gasteiger partial charge is 0.464 e. The smallest absolute Gasteiger partial charge is 0.341 e. The summed E-state index contributed by atoms with van der Waals surface area (Å²) in [6.07, 6.45) is 1.51. The van der Waals surface area contributed by atoms with Crippen LogP contribution in [0.2, 0.25) is 0 Å². The van der Waals surface area contributed by atoms with Crippen LogP contribution in [0.1, 0.15) is 31.1 Å². The fraction of sp³-hybridized carbons (Fsp3) is 0.421. The zero-order valence-electron chi connectivity index (χ0n) is 16.2. The maximum atomic E-state index is 12.5. The van der Waals surface area contributed by atoms with Gasteiger partial charge in [0.25, 0.3) is 0 Å². The molecule has 0 fully saturated rings. The minimum atomic E-state index is -0.528. The van der Waals surface area contributed by atoms with Gasteiger partial charge < -0.3 is 19.8 Å². The van der Waals surface area contributed by atoms with Crippen LogP contribution < -0.4 is 10.6 Å². The molecular formula is C19H25N3O5S. The average molecular weight is 407 g/mol. The number of amides is 2. The first-order valence-corrected chi connectivity index (χ1v) is 9.99. The van der Waals surface area contributed by atoms with Crippen LogP contribution in [0, 0.1) is 0 Å². The van der Waals surface area contributed by atoms with Gasteiger partial charge in [0.05, 0.1) is 26.0 Å². The molecular weight excluding hydrogens is 382 g/mol. The Balaban J connectivity index is 2.15. The van der Waals surface area contributed by atoms with E-state index < -0.39 is 5.97 Å². The SMILES string of the molecule is CCNC(=O)CN(CC)CC(=O)Nc1scc(-c2ccco2)c1C(=O)OCC. The summed E-state index contributed by atoms with van der Waals surface area (Å²) in [7, 11) is 0. The van der Waals surface area contributed by atoms with Gasteiger partial charge in [-0.15, -0.1) is 11.3 Å². The Labute approximate surface area is 167 Å². The van der Waals surface area contributed by atoms with Gasteiger partial charge in [0, 0.05) is 17.5 Å². The van der Waals surface area contributed by atoms with E-state index >= 15 is 0 Å². The van der Waals surface area contributed by atoms with Crippen LogP contribution >= 0.6 is 11.3 Å². The summed E-state index contributed by atoms with van der Waals surface area (Å²) in [6.45, 7) is 6.88. The molecule has 0 aliphatic heterocycles. The van der Waals surface area contributed by atoms with Crippen molar-refractivity contribution in [2.45, 2.75) is 20.8 Å². The third-order valence-corrected chi connectivity index (χ3v) is 4.76. The van der Waals surface area contributed by atoms with Gasteiger partial charge in [-0.2, -0.15) is 0 Å². The normalized spacial score (nSPS) is 10.7. The van der Waals surface area contributed by atoms with Crippen LogP contribution in [0.15, 0.2) is 28.2 Å². The average Bonchev–Trinajstić information content (AvgIpc) is 3.31. The molecule has 2 heterocycles. The maximum absolute atomic E-state index is 12.5. The number of carbonyl (C=O) groups is 3. The fourth-order valence-electron chi connectivity index (χ4n) is 2.57. The number of likely N-dealkylation sites (N-methyl/N-ethyl adjacent to an activating group) is 2. The zero-order valence-corrected chi connectivity index (χ0v) is 17.1. The molecule has 2 aromatic rings. The second-order valence-electron chi connectivity index (χ2n) is 5.86. The van der Waals surface area contributed by atoms with Crippen LogP contribution in [0.4, 0.5) is 5.00 Å². The van der Waals surface area contributed by atoms with Crippen molar-refractivity contribution in [1.82, 2.24) is 10.2 Å². The van der Waals surface area contributed by atoms with E-state index in [0.29, 0.717) is 29.4 Å². The van der Waals surface area contributed by atoms with Gasteiger partial charge in [-0.25, -0.2) is 4.79 Å². The maximum Gasteiger partial charge on any atom is 0.341 e. The minimum absolute atomic E-state index is 0.0316. The van der Waals surface area contributed by atoms with E-state index in [9.17, 15) is 14.4 Å². The van der Waals surface area contributed by atoms with Crippen LogP contribution in [0.5, 0.6) is 0 Å². The lowest BCUT2D eigenvalue weighted by Crippen LogP contribution is -2.41. The second-order valence-corrected chi connectivity index (χ2v) is 6.74. The summed E-state index contributed by atoms with van der Waals surface area (Å²) < 4.78 is 10.5. The lowest BCUT2D eigenvalue weighted by molar-refractivity contribution is -0.123. The van der Waals surface area contributed by atoms with E-state index in [1.807, 2.05) is 13.8 Å². The highest BCUT2D eigenvalue weighted by molar-refractivity contribution is 7.15. The van der Waals surface area contributed by atoms with Crippen molar-refractivity contribution in [3.05, 3.63) is 29.3 Å². The summed E-state index contributed by atoms with van der Waals surface area (Å²) in [5, 5.41) is 7.61. The number of anilines is 1. The first-order chi connectivity index (χ1) is 13.5. The van der Waals surface area contributed by atoms with Gasteiger partial charge in [0.1, 0.15) is 16.3 Å². The molecule has 2 N–H and O–H groups in total. The third kappa shape index (κ3) is 5.67. The second kappa shape index (κ2) is 10.6. The Hall–Kier alpha value is -2.65. The highest BCUT2D eigenvalue weighted by atomic mass is 32.1. The van der Waals surface area contributed by atoms with Gasteiger partial charge in [0.15, 0.2) is 0 Å². The highest BCUT2D eigenvalue weighted by Gasteiger charge is 2.24. The fourth-order valence-corrected chi connectivity index (χ4v) is 3.53. The molecule has 0 aliphatic rings. The first-order valence-electron chi connectivity index (χ1n) is 9.11. The molecule has 0 aliphatic carbocycles. The summed E-state index contributed by atoms with van der Waals surface area (Å²) in [6, 6.07) is 3.46. The van der Waals surface area contributed by atoms with Crippen LogP contribution in [0.3, 0.4) is 0 Å². The number of nitrogens with one attached hydrogen (secondary N) is 2. The van der Waals surface area contributed by atoms with E-state index in [1.165, 1.54) is 17.6 Å². The Morgan fingerprint density at radius 3 is 2.54 bits per heavy atom. The Bertz CT molecular complexity index is 801. The summed E-state index contributed by atoms with van der Waals surface area (Å²) in [5.41, 5.74) is 0.834. The number of thiophene rings is 1. The molecule has 0 unspecified atom stereocenters.